The van der Waals surface area contributed by atoms with Gasteiger partial charge in [0.05, 0.1) is 11.8 Å². The van der Waals surface area contributed by atoms with E-state index >= 15 is 0 Å². The zero-order valence-corrected chi connectivity index (χ0v) is 13.9. The Kier molecular flexibility index (Phi) is 4.71. The predicted molar refractivity (Wildman–Crippen MR) is 89.0 cm³/mol. The van der Waals surface area contributed by atoms with Crippen LogP contribution in [0.1, 0.15) is 25.7 Å². The maximum absolute atomic E-state index is 12.4. The SMILES string of the molecule is CSc1cccc(NC(=O)CN2C(=O)C3CCCCC3C2=O)c1. The molecule has 6 heteroatoms. The summed E-state index contributed by atoms with van der Waals surface area (Å²) in [5, 5.41) is 2.77. The quantitative estimate of drug-likeness (QED) is 0.680. The number of fused-ring (bicyclic) bond motifs is 1. The van der Waals surface area contributed by atoms with Gasteiger partial charge in [0.2, 0.25) is 17.7 Å². The number of imide groups is 1. The first-order valence-corrected chi connectivity index (χ1v) is 9.12. The summed E-state index contributed by atoms with van der Waals surface area (Å²) < 4.78 is 0. The molecule has 1 aromatic carbocycles. The fraction of sp³-hybridized carbons (Fsp3) is 0.471. The summed E-state index contributed by atoms with van der Waals surface area (Å²) in [7, 11) is 0. The van der Waals surface area contributed by atoms with Gasteiger partial charge in [-0.15, -0.1) is 11.8 Å². The Bertz CT molecular complexity index is 622. The third-order valence-electron chi connectivity index (χ3n) is 4.59. The van der Waals surface area contributed by atoms with E-state index in [1.807, 2.05) is 24.5 Å². The molecule has 2 fully saturated rings. The molecule has 0 aromatic heterocycles. The van der Waals surface area contributed by atoms with Crippen LogP contribution in [0.4, 0.5) is 5.69 Å². The van der Waals surface area contributed by atoms with Crippen LogP contribution in [0, 0.1) is 11.8 Å². The third kappa shape index (κ3) is 3.27. The highest BCUT2D eigenvalue weighted by molar-refractivity contribution is 7.98. The van der Waals surface area contributed by atoms with Crippen LogP contribution in [0.15, 0.2) is 29.2 Å². The zero-order valence-electron chi connectivity index (χ0n) is 13.1. The Morgan fingerprint density at radius 3 is 2.48 bits per heavy atom. The highest BCUT2D eigenvalue weighted by Crippen LogP contribution is 2.37. The molecule has 0 bridgehead atoms. The second-order valence-electron chi connectivity index (χ2n) is 6.04. The fourth-order valence-electron chi connectivity index (χ4n) is 3.43. The van der Waals surface area contributed by atoms with E-state index in [1.165, 1.54) is 0 Å². The number of hydrogen-bond acceptors (Lipinski definition) is 4. The topological polar surface area (TPSA) is 66.5 Å². The summed E-state index contributed by atoms with van der Waals surface area (Å²) >= 11 is 1.59. The van der Waals surface area contributed by atoms with E-state index in [1.54, 1.807) is 17.8 Å². The standard InChI is InChI=1S/C17H20N2O3S/c1-23-12-6-4-5-11(9-12)18-15(20)10-19-16(21)13-7-2-3-8-14(13)17(19)22/h4-6,9,13-14H,2-3,7-8,10H2,1H3,(H,18,20). The molecule has 2 atom stereocenters. The molecule has 5 nitrogen and oxygen atoms in total. The van der Waals surface area contributed by atoms with E-state index in [-0.39, 0.29) is 36.1 Å². The van der Waals surface area contributed by atoms with Crippen LogP contribution >= 0.6 is 11.8 Å². The molecule has 122 valence electrons. The van der Waals surface area contributed by atoms with Gasteiger partial charge >= 0.3 is 0 Å². The van der Waals surface area contributed by atoms with E-state index < -0.39 is 0 Å². The average molecular weight is 332 g/mol. The number of hydrogen-bond donors (Lipinski definition) is 1. The summed E-state index contributed by atoms with van der Waals surface area (Å²) in [5.41, 5.74) is 0.679. The molecule has 1 saturated heterocycles. The van der Waals surface area contributed by atoms with Crippen LogP contribution in [0.5, 0.6) is 0 Å². The number of anilines is 1. The highest BCUT2D eigenvalue weighted by atomic mass is 32.2. The summed E-state index contributed by atoms with van der Waals surface area (Å²) in [4.78, 5) is 39.1. The minimum atomic E-state index is -0.330. The number of nitrogens with zero attached hydrogens (tertiary/aromatic N) is 1. The lowest BCUT2D eigenvalue weighted by molar-refractivity contribution is -0.142. The minimum absolute atomic E-state index is 0.173. The lowest BCUT2D eigenvalue weighted by Crippen LogP contribution is -2.38. The molecule has 1 aliphatic heterocycles. The van der Waals surface area contributed by atoms with Crippen LogP contribution in [0.25, 0.3) is 0 Å². The van der Waals surface area contributed by atoms with Gasteiger partial charge in [-0.2, -0.15) is 0 Å². The molecule has 1 N–H and O–H groups in total. The van der Waals surface area contributed by atoms with Gasteiger partial charge in [-0.3, -0.25) is 19.3 Å². The molecule has 1 aromatic rings. The third-order valence-corrected chi connectivity index (χ3v) is 5.31. The lowest BCUT2D eigenvalue weighted by atomic mass is 9.81. The highest BCUT2D eigenvalue weighted by Gasteiger charge is 2.48. The summed E-state index contributed by atoms with van der Waals surface area (Å²) in [6, 6.07) is 7.49. The van der Waals surface area contributed by atoms with Crippen LogP contribution in [-0.2, 0) is 14.4 Å². The maximum atomic E-state index is 12.4. The van der Waals surface area contributed by atoms with E-state index in [4.69, 9.17) is 0 Å². The van der Waals surface area contributed by atoms with Crippen molar-refractivity contribution in [2.75, 3.05) is 18.1 Å². The summed E-state index contributed by atoms with van der Waals surface area (Å²) in [6.45, 7) is -0.186. The van der Waals surface area contributed by atoms with Crippen molar-refractivity contribution in [1.29, 1.82) is 0 Å². The molecular formula is C17H20N2O3S. The Morgan fingerprint density at radius 1 is 1.22 bits per heavy atom. The zero-order chi connectivity index (χ0) is 16.4. The van der Waals surface area contributed by atoms with Crippen molar-refractivity contribution < 1.29 is 14.4 Å². The van der Waals surface area contributed by atoms with Gasteiger partial charge in [0.15, 0.2) is 0 Å². The summed E-state index contributed by atoms with van der Waals surface area (Å²) in [6.07, 6.45) is 5.47. The van der Waals surface area contributed by atoms with Crippen molar-refractivity contribution >= 4 is 35.2 Å². The number of nitrogens with one attached hydrogen (secondary N) is 1. The second-order valence-corrected chi connectivity index (χ2v) is 6.92. The lowest BCUT2D eigenvalue weighted by Gasteiger charge is -2.19. The molecule has 3 amide bonds. The molecule has 3 rings (SSSR count). The Hall–Kier alpha value is -1.82. The first kappa shape index (κ1) is 16.1. The van der Waals surface area contributed by atoms with Gasteiger partial charge in [0.25, 0.3) is 0 Å². The van der Waals surface area contributed by atoms with Gasteiger partial charge in [0.1, 0.15) is 6.54 Å². The van der Waals surface area contributed by atoms with Crippen LogP contribution in [0.3, 0.4) is 0 Å². The normalized spacial score (nSPS) is 23.8. The first-order valence-electron chi connectivity index (χ1n) is 7.89. The minimum Gasteiger partial charge on any atom is -0.324 e. The Balaban J connectivity index is 1.65. The van der Waals surface area contributed by atoms with Crippen LogP contribution in [-0.4, -0.2) is 35.4 Å². The maximum Gasteiger partial charge on any atom is 0.244 e. The molecule has 1 saturated carbocycles. The second kappa shape index (κ2) is 6.74. The smallest absolute Gasteiger partial charge is 0.244 e. The number of carbonyl (C=O) groups excluding carboxylic acids is 3. The van der Waals surface area contributed by atoms with Crippen LogP contribution < -0.4 is 5.32 Å². The van der Waals surface area contributed by atoms with Crippen LogP contribution in [0.2, 0.25) is 0 Å². The monoisotopic (exact) mass is 332 g/mol. The summed E-state index contributed by atoms with van der Waals surface area (Å²) in [5.74, 6) is -1.09. The molecule has 0 radical (unpaired) electrons. The van der Waals surface area contributed by atoms with Crippen molar-refractivity contribution in [3.05, 3.63) is 24.3 Å². The van der Waals surface area contributed by atoms with E-state index in [0.717, 1.165) is 35.5 Å². The van der Waals surface area contributed by atoms with Crippen molar-refractivity contribution in [3.63, 3.8) is 0 Å². The van der Waals surface area contributed by atoms with E-state index in [2.05, 4.69) is 5.32 Å². The van der Waals surface area contributed by atoms with Crippen molar-refractivity contribution in [3.8, 4) is 0 Å². The number of carbonyl (C=O) groups is 3. The van der Waals surface area contributed by atoms with Gasteiger partial charge < -0.3 is 5.32 Å². The van der Waals surface area contributed by atoms with Crippen molar-refractivity contribution in [2.24, 2.45) is 11.8 Å². The number of rotatable bonds is 4. The van der Waals surface area contributed by atoms with Gasteiger partial charge in [0, 0.05) is 10.6 Å². The predicted octanol–water partition coefficient (Wildman–Crippen LogP) is 2.52. The Morgan fingerprint density at radius 2 is 1.87 bits per heavy atom. The molecular weight excluding hydrogens is 312 g/mol. The van der Waals surface area contributed by atoms with E-state index in [9.17, 15) is 14.4 Å². The first-order chi connectivity index (χ1) is 11.1. The molecule has 1 aliphatic carbocycles. The number of thioether (sulfide) groups is 1. The molecule has 23 heavy (non-hydrogen) atoms. The number of benzene rings is 1. The molecule has 2 aliphatic rings. The van der Waals surface area contributed by atoms with Gasteiger partial charge in [-0.25, -0.2) is 0 Å². The van der Waals surface area contributed by atoms with Crippen molar-refractivity contribution in [2.45, 2.75) is 30.6 Å². The fourth-order valence-corrected chi connectivity index (χ4v) is 3.89. The number of amides is 3. The van der Waals surface area contributed by atoms with E-state index in [0.29, 0.717) is 5.69 Å². The average Bonchev–Trinajstić information content (AvgIpc) is 2.80. The molecule has 0 spiro atoms. The number of likely N-dealkylation sites (tertiary alicyclic amines) is 1. The van der Waals surface area contributed by atoms with Crippen molar-refractivity contribution in [1.82, 2.24) is 4.90 Å². The molecule has 1 heterocycles. The van der Waals surface area contributed by atoms with Gasteiger partial charge in [-0.1, -0.05) is 18.9 Å². The Labute approximate surface area is 139 Å². The van der Waals surface area contributed by atoms with Gasteiger partial charge in [-0.05, 0) is 37.3 Å². The molecule has 2 unspecified atom stereocenters. The largest absolute Gasteiger partial charge is 0.324 e.